The first-order chi connectivity index (χ1) is 4.70. The van der Waals surface area contributed by atoms with E-state index in [0.717, 1.165) is 18.2 Å². The van der Waals surface area contributed by atoms with E-state index in [0.29, 0.717) is 0 Å². The van der Waals surface area contributed by atoms with E-state index in [1.807, 2.05) is 0 Å². The van der Waals surface area contributed by atoms with Crippen molar-refractivity contribution >= 4 is 17.0 Å². The summed E-state index contributed by atoms with van der Waals surface area (Å²) in [5.41, 5.74) is 0. The SMILES string of the molecule is CC1CCP(O)C1.CPO. The molecule has 2 nitrogen and oxygen atoms in total. The molecule has 1 fully saturated rings. The number of hydrogen-bond acceptors (Lipinski definition) is 2. The molecular formula is C6H16O2P2. The topological polar surface area (TPSA) is 40.5 Å². The average molecular weight is 182 g/mol. The molecule has 0 bridgehead atoms. The van der Waals surface area contributed by atoms with Crippen molar-refractivity contribution in [2.45, 2.75) is 13.3 Å². The third-order valence-electron chi connectivity index (χ3n) is 1.40. The van der Waals surface area contributed by atoms with Crippen LogP contribution in [0, 0.1) is 5.92 Å². The van der Waals surface area contributed by atoms with E-state index in [1.54, 1.807) is 6.66 Å². The Morgan fingerprint density at radius 2 is 2.10 bits per heavy atom. The monoisotopic (exact) mass is 182 g/mol. The van der Waals surface area contributed by atoms with Crippen LogP contribution in [-0.4, -0.2) is 28.8 Å². The second-order valence-electron chi connectivity index (χ2n) is 2.53. The summed E-state index contributed by atoms with van der Waals surface area (Å²) in [6.07, 6.45) is 3.44. The Balaban J connectivity index is 0.000000236. The van der Waals surface area contributed by atoms with Crippen LogP contribution in [0.25, 0.3) is 0 Å². The van der Waals surface area contributed by atoms with Crippen molar-refractivity contribution in [3.05, 3.63) is 0 Å². The van der Waals surface area contributed by atoms with Gasteiger partial charge in [-0.3, -0.25) is 0 Å². The van der Waals surface area contributed by atoms with Crippen LogP contribution in [0.5, 0.6) is 0 Å². The van der Waals surface area contributed by atoms with E-state index in [4.69, 9.17) is 9.79 Å². The Morgan fingerprint density at radius 1 is 1.60 bits per heavy atom. The van der Waals surface area contributed by atoms with Gasteiger partial charge in [-0.1, -0.05) is 6.92 Å². The van der Waals surface area contributed by atoms with Gasteiger partial charge in [-0.15, -0.1) is 0 Å². The van der Waals surface area contributed by atoms with E-state index >= 15 is 0 Å². The third kappa shape index (κ3) is 5.56. The minimum atomic E-state index is -0.504. The minimum absolute atomic E-state index is 0.0833. The summed E-state index contributed by atoms with van der Waals surface area (Å²) in [6, 6.07) is 0. The second-order valence-corrected chi connectivity index (χ2v) is 4.80. The smallest absolute Gasteiger partial charge is 0.0254 e. The van der Waals surface area contributed by atoms with Crippen LogP contribution < -0.4 is 0 Å². The first-order valence-corrected chi connectivity index (χ1v) is 6.56. The molecule has 10 heavy (non-hydrogen) atoms. The first-order valence-electron chi connectivity index (χ1n) is 3.45. The molecule has 0 radical (unpaired) electrons. The van der Waals surface area contributed by atoms with Crippen molar-refractivity contribution in [2.75, 3.05) is 19.0 Å². The maximum Gasteiger partial charge on any atom is 0.0254 e. The normalized spacial score (nSPS) is 32.4. The molecule has 0 aromatic heterocycles. The van der Waals surface area contributed by atoms with E-state index in [9.17, 15) is 0 Å². The van der Waals surface area contributed by atoms with Crippen LogP contribution in [0.3, 0.4) is 0 Å². The zero-order valence-electron chi connectivity index (χ0n) is 6.54. The lowest BCUT2D eigenvalue weighted by Crippen LogP contribution is -1.86. The molecular weight excluding hydrogens is 166 g/mol. The summed E-state index contributed by atoms with van der Waals surface area (Å²) < 4.78 is 0. The van der Waals surface area contributed by atoms with Crippen molar-refractivity contribution in [3.63, 3.8) is 0 Å². The molecule has 1 saturated heterocycles. The fraction of sp³-hybridized carbons (Fsp3) is 1.00. The molecule has 3 atom stereocenters. The molecule has 1 heterocycles. The molecule has 1 aliphatic heterocycles. The largest absolute Gasteiger partial charge is 0.377 e. The highest BCUT2D eigenvalue weighted by Gasteiger charge is 2.17. The molecule has 1 rings (SSSR count). The van der Waals surface area contributed by atoms with Crippen LogP contribution in [0.2, 0.25) is 0 Å². The van der Waals surface area contributed by atoms with Gasteiger partial charge in [-0.25, -0.2) is 0 Å². The summed E-state index contributed by atoms with van der Waals surface area (Å²) >= 11 is 0. The molecule has 0 aromatic rings. The summed E-state index contributed by atoms with van der Waals surface area (Å²) in [7, 11) is -0.421. The van der Waals surface area contributed by atoms with Gasteiger partial charge in [-0.2, -0.15) is 0 Å². The Bertz CT molecular complexity index is 72.1. The molecule has 4 heteroatoms. The quantitative estimate of drug-likeness (QED) is 0.559. The first kappa shape index (κ1) is 10.8. The van der Waals surface area contributed by atoms with Crippen LogP contribution in [0.15, 0.2) is 0 Å². The Kier molecular flexibility index (Phi) is 6.99. The van der Waals surface area contributed by atoms with E-state index in [1.165, 1.54) is 6.42 Å². The molecule has 3 unspecified atom stereocenters. The van der Waals surface area contributed by atoms with Gasteiger partial charge in [0.15, 0.2) is 0 Å². The summed E-state index contributed by atoms with van der Waals surface area (Å²) in [5.74, 6) is 0.802. The Labute approximate surface area is 65.7 Å². The fourth-order valence-electron chi connectivity index (χ4n) is 0.912. The summed E-state index contributed by atoms with van der Waals surface area (Å²) in [6.45, 7) is 3.92. The lowest BCUT2D eigenvalue weighted by molar-refractivity contribution is 0.625. The van der Waals surface area contributed by atoms with Gasteiger partial charge < -0.3 is 9.79 Å². The maximum atomic E-state index is 8.96. The highest BCUT2D eigenvalue weighted by atomic mass is 31.1. The average Bonchev–Trinajstić information content (AvgIpc) is 2.17. The van der Waals surface area contributed by atoms with Gasteiger partial charge in [0.25, 0.3) is 0 Å². The summed E-state index contributed by atoms with van der Waals surface area (Å²) in [4.78, 5) is 16.6. The lowest BCUT2D eigenvalue weighted by atomic mass is 10.2. The van der Waals surface area contributed by atoms with Crippen LogP contribution >= 0.6 is 17.0 Å². The van der Waals surface area contributed by atoms with Gasteiger partial charge in [0.2, 0.25) is 0 Å². The Hall–Kier alpha value is 0.780. The zero-order chi connectivity index (χ0) is 7.98. The van der Waals surface area contributed by atoms with Crippen molar-refractivity contribution in [1.82, 2.24) is 0 Å². The molecule has 0 aliphatic carbocycles. The molecule has 62 valence electrons. The fourth-order valence-corrected chi connectivity index (χ4v) is 2.74. The van der Waals surface area contributed by atoms with Gasteiger partial charge in [0, 0.05) is 17.0 Å². The van der Waals surface area contributed by atoms with Crippen LogP contribution in [0.1, 0.15) is 13.3 Å². The van der Waals surface area contributed by atoms with Crippen molar-refractivity contribution in [1.29, 1.82) is 0 Å². The molecule has 2 N–H and O–H groups in total. The predicted octanol–water partition coefficient (Wildman–Crippen LogP) is 1.62. The second kappa shape index (κ2) is 6.49. The number of hydrogen-bond donors (Lipinski definition) is 2. The highest BCUT2D eigenvalue weighted by molar-refractivity contribution is 7.51. The van der Waals surface area contributed by atoms with E-state index in [-0.39, 0.29) is 8.81 Å². The molecule has 0 amide bonds. The van der Waals surface area contributed by atoms with Gasteiger partial charge in [0.1, 0.15) is 0 Å². The standard InChI is InChI=1S/C5H11OP.CH5OP/c1-5-2-3-7(6)4-5;1-3-2/h5-6H,2-4H2,1H3;2-3H,1H3. The van der Waals surface area contributed by atoms with E-state index < -0.39 is 8.15 Å². The van der Waals surface area contributed by atoms with Gasteiger partial charge >= 0.3 is 0 Å². The number of rotatable bonds is 0. The molecule has 0 aromatic carbocycles. The van der Waals surface area contributed by atoms with E-state index in [2.05, 4.69) is 6.92 Å². The molecule has 1 aliphatic rings. The van der Waals surface area contributed by atoms with Crippen molar-refractivity contribution in [3.8, 4) is 0 Å². The molecule has 0 spiro atoms. The summed E-state index contributed by atoms with van der Waals surface area (Å²) in [5, 5.41) is 0. The molecule has 0 saturated carbocycles. The van der Waals surface area contributed by atoms with Crippen LogP contribution in [-0.2, 0) is 0 Å². The predicted molar refractivity (Wildman–Crippen MR) is 49.1 cm³/mol. The Morgan fingerprint density at radius 3 is 2.20 bits per heavy atom. The van der Waals surface area contributed by atoms with Crippen molar-refractivity contribution in [2.24, 2.45) is 5.92 Å². The third-order valence-corrected chi connectivity index (χ3v) is 3.22. The van der Waals surface area contributed by atoms with Crippen molar-refractivity contribution < 1.29 is 9.79 Å². The van der Waals surface area contributed by atoms with Crippen LogP contribution in [0.4, 0.5) is 0 Å². The zero-order valence-corrected chi connectivity index (χ0v) is 8.43. The maximum absolute atomic E-state index is 8.96. The lowest BCUT2D eigenvalue weighted by Gasteiger charge is -1.95. The van der Waals surface area contributed by atoms with Gasteiger partial charge in [-0.05, 0) is 31.3 Å². The van der Waals surface area contributed by atoms with Gasteiger partial charge in [0.05, 0.1) is 0 Å². The minimum Gasteiger partial charge on any atom is -0.377 e. The highest BCUT2D eigenvalue weighted by Crippen LogP contribution is 2.41.